The fourth-order valence-electron chi connectivity index (χ4n) is 3.38. The molecular weight excluding hydrogens is 334 g/mol. The lowest BCUT2D eigenvalue weighted by atomic mass is 10.0. The van der Waals surface area contributed by atoms with Gasteiger partial charge in [0.1, 0.15) is 0 Å². The molecule has 1 N–H and O–H groups in total. The monoisotopic (exact) mass is 357 g/mol. The van der Waals surface area contributed by atoms with Crippen molar-refractivity contribution < 1.29 is 22.8 Å². The molecule has 1 aliphatic carbocycles. The van der Waals surface area contributed by atoms with E-state index in [0.29, 0.717) is 24.8 Å². The first kappa shape index (κ1) is 16.4. The molecular formula is C15H23N3O5S. The van der Waals surface area contributed by atoms with Crippen molar-refractivity contribution in [2.45, 2.75) is 56.1 Å². The maximum absolute atomic E-state index is 12.5. The number of rotatable bonds is 6. The number of sulfonamides is 1. The van der Waals surface area contributed by atoms with Crippen molar-refractivity contribution in [1.29, 1.82) is 0 Å². The molecule has 3 heterocycles. The first-order valence-corrected chi connectivity index (χ1v) is 10.2. The maximum Gasteiger partial charge on any atom is 0.260 e. The van der Waals surface area contributed by atoms with Gasteiger partial charge in [-0.1, -0.05) is 5.16 Å². The SMILES string of the molecule is O=S(=O)(CC[C@H]1CCCO1)N1CC[C@@](O)(c2nc(C3CC3)no2)C1. The smallest absolute Gasteiger partial charge is 0.260 e. The van der Waals surface area contributed by atoms with Gasteiger partial charge in [-0.15, -0.1) is 0 Å². The lowest BCUT2D eigenvalue weighted by Gasteiger charge is -2.20. The molecule has 0 aromatic carbocycles. The molecule has 4 rings (SSSR count). The molecule has 0 bridgehead atoms. The summed E-state index contributed by atoms with van der Waals surface area (Å²) in [5.74, 6) is 1.14. The molecule has 0 radical (unpaired) electrons. The third-order valence-corrected chi connectivity index (χ3v) is 6.96. The van der Waals surface area contributed by atoms with Crippen LogP contribution >= 0.6 is 0 Å². The van der Waals surface area contributed by atoms with Crippen LogP contribution in [-0.2, 0) is 20.4 Å². The molecule has 9 heteroatoms. The molecule has 2 aliphatic heterocycles. The van der Waals surface area contributed by atoms with Gasteiger partial charge in [-0.25, -0.2) is 8.42 Å². The summed E-state index contributed by atoms with van der Waals surface area (Å²) in [6, 6.07) is 0. The maximum atomic E-state index is 12.5. The minimum atomic E-state index is -3.42. The normalized spacial score (nSPS) is 31.8. The number of ether oxygens (including phenoxy) is 1. The molecule has 2 atom stereocenters. The van der Waals surface area contributed by atoms with Gasteiger partial charge in [0.2, 0.25) is 10.0 Å². The summed E-state index contributed by atoms with van der Waals surface area (Å²) >= 11 is 0. The van der Waals surface area contributed by atoms with Crippen molar-refractivity contribution in [3.05, 3.63) is 11.7 Å². The molecule has 2 saturated heterocycles. The Morgan fingerprint density at radius 1 is 1.33 bits per heavy atom. The summed E-state index contributed by atoms with van der Waals surface area (Å²) in [5.41, 5.74) is -1.38. The fourth-order valence-corrected chi connectivity index (χ4v) is 4.98. The third-order valence-electron chi connectivity index (χ3n) is 5.11. The Bertz CT molecular complexity index is 696. The molecule has 0 spiro atoms. The van der Waals surface area contributed by atoms with Crippen molar-refractivity contribution in [3.8, 4) is 0 Å². The van der Waals surface area contributed by atoms with E-state index < -0.39 is 15.6 Å². The molecule has 3 fully saturated rings. The van der Waals surface area contributed by atoms with E-state index in [2.05, 4.69) is 10.1 Å². The van der Waals surface area contributed by atoms with Crippen LogP contribution in [0.25, 0.3) is 0 Å². The highest BCUT2D eigenvalue weighted by molar-refractivity contribution is 7.89. The van der Waals surface area contributed by atoms with E-state index in [1.165, 1.54) is 4.31 Å². The zero-order chi connectivity index (χ0) is 16.8. The quantitative estimate of drug-likeness (QED) is 0.800. The van der Waals surface area contributed by atoms with E-state index in [9.17, 15) is 13.5 Å². The van der Waals surface area contributed by atoms with Crippen molar-refractivity contribution in [3.63, 3.8) is 0 Å². The van der Waals surface area contributed by atoms with Crippen LogP contribution in [0.4, 0.5) is 0 Å². The number of hydrogen-bond donors (Lipinski definition) is 1. The van der Waals surface area contributed by atoms with Gasteiger partial charge in [0.25, 0.3) is 5.89 Å². The van der Waals surface area contributed by atoms with Gasteiger partial charge < -0.3 is 14.4 Å². The topological polar surface area (TPSA) is 106 Å². The zero-order valence-corrected chi connectivity index (χ0v) is 14.4. The summed E-state index contributed by atoms with van der Waals surface area (Å²) in [5, 5.41) is 14.7. The predicted octanol–water partition coefficient (Wildman–Crippen LogP) is 0.739. The molecule has 1 aromatic rings. The number of hydrogen-bond acceptors (Lipinski definition) is 7. The average Bonchev–Trinajstić information content (AvgIpc) is 3.00. The largest absolute Gasteiger partial charge is 0.379 e. The Balaban J connectivity index is 1.40. The van der Waals surface area contributed by atoms with Crippen LogP contribution in [0.3, 0.4) is 0 Å². The van der Waals surface area contributed by atoms with Gasteiger partial charge >= 0.3 is 0 Å². The van der Waals surface area contributed by atoms with Crippen LogP contribution in [0.2, 0.25) is 0 Å². The van der Waals surface area contributed by atoms with Crippen LogP contribution in [0.1, 0.15) is 56.2 Å². The Kier molecular flexibility index (Phi) is 4.14. The average molecular weight is 357 g/mol. The zero-order valence-electron chi connectivity index (χ0n) is 13.6. The third kappa shape index (κ3) is 3.22. The summed E-state index contributed by atoms with van der Waals surface area (Å²) in [4.78, 5) is 4.28. The second-order valence-corrected chi connectivity index (χ2v) is 9.18. The van der Waals surface area contributed by atoms with E-state index in [0.717, 1.165) is 25.7 Å². The van der Waals surface area contributed by atoms with Crippen LogP contribution < -0.4 is 0 Å². The number of nitrogens with zero attached hydrogens (tertiary/aromatic N) is 3. The first-order chi connectivity index (χ1) is 11.5. The van der Waals surface area contributed by atoms with Crippen LogP contribution in [0.15, 0.2) is 4.52 Å². The van der Waals surface area contributed by atoms with E-state index in [4.69, 9.17) is 9.26 Å². The minimum Gasteiger partial charge on any atom is -0.379 e. The Morgan fingerprint density at radius 3 is 2.88 bits per heavy atom. The van der Waals surface area contributed by atoms with E-state index in [-0.39, 0.29) is 37.3 Å². The molecule has 1 aromatic heterocycles. The molecule has 0 amide bonds. The van der Waals surface area contributed by atoms with Crippen LogP contribution in [0.5, 0.6) is 0 Å². The molecule has 8 nitrogen and oxygen atoms in total. The summed E-state index contributed by atoms with van der Waals surface area (Å²) in [7, 11) is -3.42. The van der Waals surface area contributed by atoms with Gasteiger partial charge in [-0.05, 0) is 32.1 Å². The van der Waals surface area contributed by atoms with Crippen LogP contribution in [0, 0.1) is 0 Å². The Hall–Kier alpha value is -1.03. The van der Waals surface area contributed by atoms with Gasteiger partial charge in [0.15, 0.2) is 11.4 Å². The van der Waals surface area contributed by atoms with Crippen molar-refractivity contribution in [1.82, 2.24) is 14.4 Å². The Labute approximate surface area is 141 Å². The Morgan fingerprint density at radius 2 is 2.17 bits per heavy atom. The lowest BCUT2D eigenvalue weighted by molar-refractivity contribution is 0.0194. The second kappa shape index (κ2) is 6.05. The van der Waals surface area contributed by atoms with Gasteiger partial charge in [-0.3, -0.25) is 0 Å². The minimum absolute atomic E-state index is 0.0207. The summed E-state index contributed by atoms with van der Waals surface area (Å²) in [6.45, 7) is 0.966. The standard InChI is InChI=1S/C15H23N3O5S/c19-15(14-16-13(17-23-14)11-3-4-11)6-7-18(10-15)24(20,21)9-5-12-2-1-8-22-12/h11-12,19H,1-10H2/t12-,15+/m1/s1. The van der Waals surface area contributed by atoms with Crippen molar-refractivity contribution in [2.24, 2.45) is 0 Å². The molecule has 24 heavy (non-hydrogen) atoms. The van der Waals surface area contributed by atoms with Crippen LogP contribution in [-0.4, -0.2) is 59.5 Å². The highest BCUT2D eigenvalue weighted by atomic mass is 32.2. The van der Waals surface area contributed by atoms with Crippen molar-refractivity contribution >= 4 is 10.0 Å². The summed E-state index contributed by atoms with van der Waals surface area (Å²) < 4.78 is 37.1. The first-order valence-electron chi connectivity index (χ1n) is 8.62. The molecule has 1 saturated carbocycles. The molecule has 134 valence electrons. The van der Waals surface area contributed by atoms with E-state index >= 15 is 0 Å². The van der Waals surface area contributed by atoms with Gasteiger partial charge in [0, 0.05) is 25.5 Å². The van der Waals surface area contributed by atoms with E-state index in [1.54, 1.807) is 0 Å². The van der Waals surface area contributed by atoms with Gasteiger partial charge in [-0.2, -0.15) is 9.29 Å². The number of β-amino-alcohol motifs (C(OH)–C–C–N with tert-alkyl or cyclic N) is 1. The fraction of sp³-hybridized carbons (Fsp3) is 0.867. The second-order valence-electron chi connectivity index (χ2n) is 7.09. The highest BCUT2D eigenvalue weighted by Gasteiger charge is 2.47. The van der Waals surface area contributed by atoms with E-state index in [1.807, 2.05) is 0 Å². The molecule has 0 unspecified atom stereocenters. The lowest BCUT2D eigenvalue weighted by Crippen LogP contribution is -2.36. The highest BCUT2D eigenvalue weighted by Crippen LogP contribution is 2.40. The van der Waals surface area contributed by atoms with Crippen molar-refractivity contribution in [2.75, 3.05) is 25.4 Å². The van der Waals surface area contributed by atoms with Gasteiger partial charge in [0.05, 0.1) is 18.4 Å². The predicted molar refractivity (Wildman–Crippen MR) is 83.7 cm³/mol. The number of aliphatic hydroxyl groups is 1. The summed E-state index contributed by atoms with van der Waals surface area (Å²) in [6.07, 6.45) is 4.82. The molecule has 3 aliphatic rings. The number of aromatic nitrogens is 2.